The van der Waals surface area contributed by atoms with Gasteiger partial charge >= 0.3 is 5.97 Å². The predicted molar refractivity (Wildman–Crippen MR) is 92.0 cm³/mol. The number of carboxylic acids is 1. The van der Waals surface area contributed by atoms with E-state index in [0.29, 0.717) is 17.2 Å². The zero-order valence-corrected chi connectivity index (χ0v) is 14.1. The van der Waals surface area contributed by atoms with Gasteiger partial charge in [-0.3, -0.25) is 4.79 Å². The number of carbonyl (C=O) groups is 2. The maximum atomic E-state index is 12.3. The van der Waals surface area contributed by atoms with Crippen molar-refractivity contribution in [3.8, 4) is 0 Å². The van der Waals surface area contributed by atoms with Crippen molar-refractivity contribution in [2.24, 2.45) is 5.92 Å². The highest BCUT2D eigenvalue weighted by Gasteiger charge is 2.26. The van der Waals surface area contributed by atoms with Crippen LogP contribution in [0, 0.1) is 5.92 Å². The first-order chi connectivity index (χ1) is 11.1. The monoisotopic (exact) mass is 333 g/mol. The summed E-state index contributed by atoms with van der Waals surface area (Å²) in [5.41, 5.74) is 1.45. The van der Waals surface area contributed by atoms with Crippen LogP contribution in [-0.2, 0) is 4.79 Å². The number of piperidine rings is 1. The summed E-state index contributed by atoms with van der Waals surface area (Å²) in [6, 6.07) is 7.10. The van der Waals surface area contributed by atoms with Crippen LogP contribution in [0.15, 0.2) is 24.3 Å². The van der Waals surface area contributed by atoms with E-state index in [1.54, 1.807) is 23.9 Å². The number of hydrogen-bond acceptors (Lipinski definition) is 3. The van der Waals surface area contributed by atoms with Gasteiger partial charge in [0.05, 0.1) is 11.3 Å². The quantitative estimate of drug-likeness (QED) is 0.868. The molecule has 124 valence electrons. The Labute approximate surface area is 141 Å². The second kappa shape index (κ2) is 7.39. The van der Waals surface area contributed by atoms with E-state index in [0.717, 1.165) is 43.2 Å². The van der Waals surface area contributed by atoms with Crippen LogP contribution in [0.2, 0.25) is 0 Å². The van der Waals surface area contributed by atoms with Gasteiger partial charge in [-0.2, -0.15) is 11.8 Å². The molecule has 0 radical (unpaired) electrons. The fraction of sp³-hybridized carbons (Fsp3) is 0.556. The number of benzene rings is 1. The fourth-order valence-corrected chi connectivity index (χ4v) is 4.20. The van der Waals surface area contributed by atoms with Crippen molar-refractivity contribution in [2.45, 2.75) is 31.6 Å². The predicted octanol–water partition coefficient (Wildman–Crippen LogP) is 3.23. The highest BCUT2D eigenvalue weighted by atomic mass is 32.2. The first-order valence-electron chi connectivity index (χ1n) is 8.32. The topological polar surface area (TPSA) is 57.6 Å². The Morgan fingerprint density at radius 2 is 1.91 bits per heavy atom. The third-order valence-electron chi connectivity index (χ3n) is 4.68. The smallest absolute Gasteiger partial charge is 0.335 e. The van der Waals surface area contributed by atoms with E-state index in [-0.39, 0.29) is 5.91 Å². The minimum absolute atomic E-state index is 0.252. The molecular formula is C18H23NO3S. The number of nitrogens with zero attached hydrogens (tertiary/aromatic N) is 1. The molecule has 1 saturated carbocycles. The van der Waals surface area contributed by atoms with Crippen LogP contribution in [0.25, 0.3) is 0 Å². The molecule has 2 fully saturated rings. The molecule has 23 heavy (non-hydrogen) atoms. The standard InChI is InChI=1S/C18H23NO3S/c20-17(12-23-11-13-3-4-13)19-9-1-2-16(10-19)14-5-7-15(8-6-14)18(21)22/h5-8,13,16H,1-4,9-12H2,(H,21,22)/t16-/m1/s1. The van der Waals surface area contributed by atoms with Gasteiger partial charge in [0.15, 0.2) is 0 Å². The van der Waals surface area contributed by atoms with Gasteiger partial charge in [0.25, 0.3) is 0 Å². The van der Waals surface area contributed by atoms with Crippen molar-refractivity contribution in [1.29, 1.82) is 0 Å². The van der Waals surface area contributed by atoms with E-state index in [4.69, 9.17) is 5.11 Å². The number of hydrogen-bond donors (Lipinski definition) is 1. The lowest BCUT2D eigenvalue weighted by atomic mass is 9.90. The number of thioether (sulfide) groups is 1. The van der Waals surface area contributed by atoms with E-state index >= 15 is 0 Å². The SMILES string of the molecule is O=C(O)c1ccc([C@@H]2CCCN(C(=O)CSCC3CC3)C2)cc1. The van der Waals surface area contributed by atoms with Gasteiger partial charge in [-0.1, -0.05) is 12.1 Å². The Bertz CT molecular complexity index is 568. The second-order valence-electron chi connectivity index (χ2n) is 6.56. The van der Waals surface area contributed by atoms with Crippen LogP contribution < -0.4 is 0 Å². The van der Waals surface area contributed by atoms with Gasteiger partial charge in [0, 0.05) is 19.0 Å². The molecule has 1 N–H and O–H groups in total. The molecule has 0 aromatic heterocycles. The molecule has 4 nitrogen and oxygen atoms in total. The number of likely N-dealkylation sites (tertiary alicyclic amines) is 1. The van der Waals surface area contributed by atoms with Gasteiger partial charge in [-0.25, -0.2) is 4.79 Å². The summed E-state index contributed by atoms with van der Waals surface area (Å²) in [7, 11) is 0. The lowest BCUT2D eigenvalue weighted by Gasteiger charge is -2.33. The summed E-state index contributed by atoms with van der Waals surface area (Å²) in [5, 5.41) is 8.97. The van der Waals surface area contributed by atoms with Crippen molar-refractivity contribution in [3.05, 3.63) is 35.4 Å². The number of rotatable bonds is 6. The number of carbonyl (C=O) groups excluding carboxylic acids is 1. The van der Waals surface area contributed by atoms with Gasteiger partial charge in [-0.15, -0.1) is 0 Å². The highest BCUT2D eigenvalue weighted by Crippen LogP contribution is 2.33. The Balaban J connectivity index is 1.54. The molecule has 5 heteroatoms. The van der Waals surface area contributed by atoms with Crippen LogP contribution in [0.3, 0.4) is 0 Å². The van der Waals surface area contributed by atoms with E-state index in [1.807, 2.05) is 17.0 Å². The largest absolute Gasteiger partial charge is 0.478 e. The number of amides is 1. The molecule has 0 bridgehead atoms. The average molecular weight is 333 g/mol. The van der Waals surface area contributed by atoms with Crippen molar-refractivity contribution in [2.75, 3.05) is 24.6 Å². The summed E-state index contributed by atoms with van der Waals surface area (Å²) in [5.74, 6) is 2.26. The van der Waals surface area contributed by atoms with Crippen LogP contribution in [0.1, 0.15) is 47.5 Å². The molecule has 1 aliphatic carbocycles. The summed E-state index contributed by atoms with van der Waals surface area (Å²) >= 11 is 1.77. The fourth-order valence-electron chi connectivity index (χ4n) is 3.06. The maximum Gasteiger partial charge on any atom is 0.335 e. The molecular weight excluding hydrogens is 310 g/mol. The molecule has 0 spiro atoms. The van der Waals surface area contributed by atoms with E-state index < -0.39 is 5.97 Å². The lowest BCUT2D eigenvalue weighted by molar-refractivity contribution is -0.129. The molecule has 3 rings (SSSR count). The van der Waals surface area contributed by atoms with Gasteiger partial charge in [-0.05, 0) is 55.1 Å². The maximum absolute atomic E-state index is 12.3. The Morgan fingerprint density at radius 1 is 1.17 bits per heavy atom. The minimum Gasteiger partial charge on any atom is -0.478 e. The number of carboxylic acid groups (broad SMARTS) is 1. The Hall–Kier alpha value is -1.49. The van der Waals surface area contributed by atoms with Crippen molar-refractivity contribution < 1.29 is 14.7 Å². The molecule has 1 saturated heterocycles. The van der Waals surface area contributed by atoms with Crippen molar-refractivity contribution in [1.82, 2.24) is 4.90 Å². The summed E-state index contributed by atoms with van der Waals surface area (Å²) in [6.07, 6.45) is 4.74. The molecule has 2 aliphatic rings. The minimum atomic E-state index is -0.898. The third-order valence-corrected chi connectivity index (χ3v) is 5.84. The van der Waals surface area contributed by atoms with Crippen molar-refractivity contribution in [3.63, 3.8) is 0 Å². The second-order valence-corrected chi connectivity index (χ2v) is 7.59. The highest BCUT2D eigenvalue weighted by molar-refractivity contribution is 7.99. The van der Waals surface area contributed by atoms with E-state index in [9.17, 15) is 9.59 Å². The number of aromatic carboxylic acids is 1. The molecule has 1 aromatic carbocycles. The Kier molecular flexibility index (Phi) is 5.26. The molecule has 0 unspecified atom stereocenters. The van der Waals surface area contributed by atoms with E-state index in [1.165, 1.54) is 12.8 Å². The molecule has 1 atom stereocenters. The normalized spacial score (nSPS) is 21.2. The summed E-state index contributed by atoms with van der Waals surface area (Å²) in [4.78, 5) is 25.3. The van der Waals surface area contributed by atoms with Gasteiger partial charge in [0.2, 0.25) is 5.91 Å². The summed E-state index contributed by atoms with van der Waals surface area (Å²) in [6.45, 7) is 1.61. The zero-order chi connectivity index (χ0) is 16.2. The van der Waals surface area contributed by atoms with Crippen molar-refractivity contribution >= 4 is 23.6 Å². The molecule has 1 aliphatic heterocycles. The van der Waals surface area contributed by atoms with Crippen LogP contribution >= 0.6 is 11.8 Å². The third kappa shape index (κ3) is 4.50. The Morgan fingerprint density at radius 3 is 2.57 bits per heavy atom. The lowest BCUT2D eigenvalue weighted by Crippen LogP contribution is -2.40. The van der Waals surface area contributed by atoms with Crippen LogP contribution in [0.5, 0.6) is 0 Å². The molecule has 1 amide bonds. The molecule has 1 heterocycles. The average Bonchev–Trinajstić information content (AvgIpc) is 3.39. The summed E-state index contributed by atoms with van der Waals surface area (Å²) < 4.78 is 0. The first kappa shape index (κ1) is 16.4. The van der Waals surface area contributed by atoms with Gasteiger partial charge < -0.3 is 10.0 Å². The zero-order valence-electron chi connectivity index (χ0n) is 13.2. The van der Waals surface area contributed by atoms with Gasteiger partial charge in [0.1, 0.15) is 0 Å². The van der Waals surface area contributed by atoms with Crippen LogP contribution in [0.4, 0.5) is 0 Å². The molecule has 1 aromatic rings. The van der Waals surface area contributed by atoms with Crippen LogP contribution in [-0.4, -0.2) is 46.5 Å². The first-order valence-corrected chi connectivity index (χ1v) is 9.47. The van der Waals surface area contributed by atoms with E-state index in [2.05, 4.69) is 0 Å².